The van der Waals surface area contributed by atoms with E-state index in [0.717, 1.165) is 16.0 Å². The monoisotopic (exact) mass is 314 g/mol. The molecule has 2 heterocycles. The van der Waals surface area contributed by atoms with Crippen LogP contribution in [0.25, 0.3) is 0 Å². The van der Waals surface area contributed by atoms with Gasteiger partial charge in [-0.1, -0.05) is 25.5 Å². The van der Waals surface area contributed by atoms with E-state index in [-0.39, 0.29) is 24.7 Å². The first-order valence-electron chi connectivity index (χ1n) is 7.67. The molecule has 6 nitrogen and oxygen atoms in total. The maximum Gasteiger partial charge on any atom is 0.262 e. The van der Waals surface area contributed by atoms with Gasteiger partial charge < -0.3 is 0 Å². The molecule has 120 valence electrons. The van der Waals surface area contributed by atoms with Gasteiger partial charge in [0.15, 0.2) is 0 Å². The molecule has 1 N–H and O–H groups in total. The Hall–Kier alpha value is -2.50. The highest BCUT2D eigenvalue weighted by atomic mass is 16.2. The van der Waals surface area contributed by atoms with Crippen molar-refractivity contribution in [2.75, 3.05) is 0 Å². The van der Waals surface area contributed by atoms with Gasteiger partial charge in [-0.25, -0.2) is 0 Å². The number of carbonyl (C=O) groups excluding carboxylic acids is 4. The van der Waals surface area contributed by atoms with Crippen LogP contribution in [0.5, 0.6) is 0 Å². The predicted molar refractivity (Wildman–Crippen MR) is 81.9 cm³/mol. The number of aryl methyl sites for hydroxylation is 1. The topological polar surface area (TPSA) is 83.6 Å². The summed E-state index contributed by atoms with van der Waals surface area (Å²) in [4.78, 5) is 49.8. The van der Waals surface area contributed by atoms with Crippen LogP contribution in [0, 0.1) is 6.92 Å². The van der Waals surface area contributed by atoms with Gasteiger partial charge in [-0.15, -0.1) is 0 Å². The maximum absolute atomic E-state index is 12.8. The van der Waals surface area contributed by atoms with Crippen LogP contribution in [0.3, 0.4) is 0 Å². The summed E-state index contributed by atoms with van der Waals surface area (Å²) in [6, 6.07) is 2.68. The molecular weight excluding hydrogens is 296 g/mol. The van der Waals surface area contributed by atoms with Crippen molar-refractivity contribution in [1.82, 2.24) is 10.2 Å². The number of fused-ring (bicyclic) bond motifs is 1. The lowest BCUT2D eigenvalue weighted by molar-refractivity contribution is -0.136. The highest BCUT2D eigenvalue weighted by Crippen LogP contribution is 2.33. The first-order chi connectivity index (χ1) is 10.8. The molecule has 1 aromatic carbocycles. The third kappa shape index (κ3) is 2.34. The lowest BCUT2D eigenvalue weighted by atomic mass is 9.92. The molecule has 1 aromatic rings. The number of amides is 4. The largest absolute Gasteiger partial charge is 0.295 e. The first kappa shape index (κ1) is 15.4. The van der Waals surface area contributed by atoms with Gasteiger partial charge in [0, 0.05) is 6.42 Å². The second-order valence-electron chi connectivity index (χ2n) is 6.38. The number of nitrogens with zero attached hydrogens (tertiary/aromatic N) is 1. The van der Waals surface area contributed by atoms with Crippen LogP contribution in [-0.2, 0) is 9.59 Å². The van der Waals surface area contributed by atoms with Crippen LogP contribution in [0.1, 0.15) is 64.4 Å². The summed E-state index contributed by atoms with van der Waals surface area (Å²) in [5, 5.41) is 2.20. The normalized spacial score (nSPS) is 21.0. The summed E-state index contributed by atoms with van der Waals surface area (Å²) in [5.74, 6) is -1.77. The number of hydrogen-bond acceptors (Lipinski definition) is 4. The third-order valence-corrected chi connectivity index (χ3v) is 4.34. The summed E-state index contributed by atoms with van der Waals surface area (Å²) in [7, 11) is 0. The molecule has 2 aliphatic heterocycles. The number of imide groups is 2. The Labute approximate surface area is 133 Å². The standard InChI is InChI=1S/C17H18N2O4/c1-8(2)10-6-9(3)7-11-14(10)17(23)19(16(11)22)12-4-5-13(20)18-15(12)21/h6-8,12H,4-5H2,1-3H3,(H,18,20,21). The Kier molecular flexibility index (Phi) is 3.55. The van der Waals surface area contributed by atoms with Gasteiger partial charge in [-0.3, -0.25) is 29.4 Å². The molecule has 2 aliphatic rings. The summed E-state index contributed by atoms with van der Waals surface area (Å²) in [6.45, 7) is 5.79. The summed E-state index contributed by atoms with van der Waals surface area (Å²) < 4.78 is 0. The van der Waals surface area contributed by atoms with E-state index in [1.54, 1.807) is 6.07 Å². The minimum atomic E-state index is -0.916. The van der Waals surface area contributed by atoms with Crippen LogP contribution in [-0.4, -0.2) is 34.6 Å². The van der Waals surface area contributed by atoms with Crippen molar-refractivity contribution in [3.8, 4) is 0 Å². The van der Waals surface area contributed by atoms with E-state index < -0.39 is 23.8 Å². The Bertz CT molecular complexity index is 751. The molecule has 0 bridgehead atoms. The van der Waals surface area contributed by atoms with E-state index in [2.05, 4.69) is 5.32 Å². The van der Waals surface area contributed by atoms with Crippen molar-refractivity contribution in [3.63, 3.8) is 0 Å². The van der Waals surface area contributed by atoms with E-state index in [1.165, 1.54) is 0 Å². The van der Waals surface area contributed by atoms with Crippen molar-refractivity contribution in [1.29, 1.82) is 0 Å². The van der Waals surface area contributed by atoms with Crippen molar-refractivity contribution in [2.45, 2.75) is 45.6 Å². The Morgan fingerprint density at radius 2 is 1.83 bits per heavy atom. The highest BCUT2D eigenvalue weighted by Gasteiger charge is 2.45. The molecule has 4 amide bonds. The SMILES string of the molecule is Cc1cc2c(c(C(C)C)c1)C(=O)N(C1CCC(=O)NC1=O)C2=O. The molecule has 23 heavy (non-hydrogen) atoms. The Balaban J connectivity index is 2.06. The molecule has 3 rings (SSSR count). The lowest BCUT2D eigenvalue weighted by Gasteiger charge is -2.27. The number of rotatable bonds is 2. The van der Waals surface area contributed by atoms with E-state index in [1.807, 2.05) is 26.8 Å². The maximum atomic E-state index is 12.8. The molecule has 0 radical (unpaired) electrons. The van der Waals surface area contributed by atoms with Gasteiger partial charge >= 0.3 is 0 Å². The average molecular weight is 314 g/mol. The zero-order valence-electron chi connectivity index (χ0n) is 13.3. The summed E-state index contributed by atoms with van der Waals surface area (Å²) in [5.41, 5.74) is 2.45. The fourth-order valence-corrected chi connectivity index (χ4v) is 3.23. The zero-order chi connectivity index (χ0) is 16.9. The molecule has 1 fully saturated rings. The molecule has 1 atom stereocenters. The van der Waals surface area contributed by atoms with Crippen molar-refractivity contribution >= 4 is 23.6 Å². The van der Waals surface area contributed by atoms with Crippen LogP contribution in [0.2, 0.25) is 0 Å². The van der Waals surface area contributed by atoms with Crippen LogP contribution < -0.4 is 5.32 Å². The molecular formula is C17H18N2O4. The van der Waals surface area contributed by atoms with Crippen LogP contribution in [0.4, 0.5) is 0 Å². The average Bonchev–Trinajstić information content (AvgIpc) is 2.71. The molecule has 0 aromatic heterocycles. The Morgan fingerprint density at radius 1 is 1.13 bits per heavy atom. The quantitative estimate of drug-likeness (QED) is 0.839. The van der Waals surface area contributed by atoms with Gasteiger partial charge in [0.1, 0.15) is 6.04 Å². The number of carbonyl (C=O) groups is 4. The zero-order valence-corrected chi connectivity index (χ0v) is 13.3. The van der Waals surface area contributed by atoms with Crippen molar-refractivity contribution in [2.24, 2.45) is 0 Å². The fourth-order valence-electron chi connectivity index (χ4n) is 3.23. The number of piperidine rings is 1. The molecule has 0 spiro atoms. The number of nitrogens with one attached hydrogen (secondary N) is 1. The first-order valence-corrected chi connectivity index (χ1v) is 7.67. The smallest absolute Gasteiger partial charge is 0.262 e. The Morgan fingerprint density at radius 3 is 2.43 bits per heavy atom. The van der Waals surface area contributed by atoms with Crippen LogP contribution >= 0.6 is 0 Å². The van der Waals surface area contributed by atoms with Crippen molar-refractivity contribution < 1.29 is 19.2 Å². The number of hydrogen-bond donors (Lipinski definition) is 1. The second-order valence-corrected chi connectivity index (χ2v) is 6.38. The second kappa shape index (κ2) is 5.30. The van der Waals surface area contributed by atoms with Gasteiger partial charge in [0.25, 0.3) is 11.8 Å². The van der Waals surface area contributed by atoms with Gasteiger partial charge in [0.05, 0.1) is 11.1 Å². The molecule has 6 heteroatoms. The predicted octanol–water partition coefficient (Wildman–Crippen LogP) is 1.52. The molecule has 1 unspecified atom stereocenters. The molecule has 0 aliphatic carbocycles. The summed E-state index contributed by atoms with van der Waals surface area (Å²) >= 11 is 0. The minimum Gasteiger partial charge on any atom is -0.295 e. The molecule has 0 saturated carbocycles. The summed E-state index contributed by atoms with van der Waals surface area (Å²) in [6.07, 6.45) is 0.298. The van der Waals surface area contributed by atoms with E-state index in [0.29, 0.717) is 11.1 Å². The van der Waals surface area contributed by atoms with Gasteiger partial charge in [0.2, 0.25) is 11.8 Å². The highest BCUT2D eigenvalue weighted by molar-refractivity contribution is 6.24. The number of benzene rings is 1. The third-order valence-electron chi connectivity index (χ3n) is 4.34. The van der Waals surface area contributed by atoms with Crippen molar-refractivity contribution in [3.05, 3.63) is 34.4 Å². The fraction of sp³-hybridized carbons (Fsp3) is 0.412. The van der Waals surface area contributed by atoms with Crippen LogP contribution in [0.15, 0.2) is 12.1 Å². The minimum absolute atomic E-state index is 0.0853. The molecule has 1 saturated heterocycles. The van der Waals surface area contributed by atoms with Gasteiger partial charge in [-0.2, -0.15) is 0 Å². The van der Waals surface area contributed by atoms with E-state index in [4.69, 9.17) is 0 Å². The van der Waals surface area contributed by atoms with E-state index >= 15 is 0 Å². The van der Waals surface area contributed by atoms with Gasteiger partial charge in [-0.05, 0) is 30.9 Å². The van der Waals surface area contributed by atoms with E-state index in [9.17, 15) is 19.2 Å². The lowest BCUT2D eigenvalue weighted by Crippen LogP contribution is -2.54.